The lowest BCUT2D eigenvalue weighted by molar-refractivity contribution is -0.121. The SMILES string of the molecule is CN(C)S(=O)(=O)c1ccc(CNC(=O)CCNC(=O)c2ccc(Cl)cc2)s1. The number of carbonyl (C=O) groups is 2. The quantitative estimate of drug-likeness (QED) is 0.671. The van der Waals surface area contributed by atoms with Crippen molar-refractivity contribution in [3.8, 4) is 0 Å². The van der Waals surface area contributed by atoms with Crippen molar-refractivity contribution in [1.29, 1.82) is 0 Å². The van der Waals surface area contributed by atoms with Crippen LogP contribution in [0.2, 0.25) is 5.02 Å². The van der Waals surface area contributed by atoms with Gasteiger partial charge in [0.05, 0.1) is 6.54 Å². The Balaban J connectivity index is 1.76. The van der Waals surface area contributed by atoms with Gasteiger partial charge in [0.15, 0.2) is 0 Å². The minimum Gasteiger partial charge on any atom is -0.352 e. The number of sulfonamides is 1. The minimum atomic E-state index is -3.46. The van der Waals surface area contributed by atoms with Crippen LogP contribution in [0.15, 0.2) is 40.6 Å². The molecule has 2 amide bonds. The summed E-state index contributed by atoms with van der Waals surface area (Å²) in [6, 6.07) is 9.64. The molecule has 1 aromatic heterocycles. The van der Waals surface area contributed by atoms with Gasteiger partial charge in [0, 0.05) is 42.5 Å². The van der Waals surface area contributed by atoms with E-state index in [4.69, 9.17) is 11.6 Å². The molecule has 2 aromatic rings. The molecule has 0 bridgehead atoms. The molecule has 0 aliphatic heterocycles. The van der Waals surface area contributed by atoms with Crippen molar-refractivity contribution in [2.45, 2.75) is 17.2 Å². The molecule has 0 saturated heterocycles. The molecule has 0 aliphatic rings. The first-order chi connectivity index (χ1) is 12.7. The number of thiophene rings is 1. The van der Waals surface area contributed by atoms with E-state index in [0.29, 0.717) is 10.6 Å². The molecule has 1 aromatic carbocycles. The Morgan fingerprint density at radius 3 is 2.37 bits per heavy atom. The van der Waals surface area contributed by atoms with E-state index in [1.54, 1.807) is 30.3 Å². The second kappa shape index (κ2) is 9.32. The Bertz CT molecular complexity index is 909. The summed E-state index contributed by atoms with van der Waals surface area (Å²) in [7, 11) is -0.530. The van der Waals surface area contributed by atoms with Crippen molar-refractivity contribution < 1.29 is 18.0 Å². The molecule has 2 N–H and O–H groups in total. The summed E-state index contributed by atoms with van der Waals surface area (Å²) < 4.78 is 25.4. The van der Waals surface area contributed by atoms with E-state index in [0.717, 1.165) is 20.5 Å². The molecular formula is C17H20ClN3O4S2. The van der Waals surface area contributed by atoms with E-state index in [-0.39, 0.29) is 35.5 Å². The van der Waals surface area contributed by atoms with Crippen LogP contribution in [0.25, 0.3) is 0 Å². The van der Waals surface area contributed by atoms with Gasteiger partial charge in [-0.3, -0.25) is 9.59 Å². The Labute approximate surface area is 167 Å². The first-order valence-electron chi connectivity index (χ1n) is 8.02. The summed E-state index contributed by atoms with van der Waals surface area (Å²) in [4.78, 5) is 24.5. The van der Waals surface area contributed by atoms with Gasteiger partial charge in [-0.05, 0) is 36.4 Å². The number of amides is 2. The van der Waals surface area contributed by atoms with Crippen LogP contribution in [0, 0.1) is 0 Å². The summed E-state index contributed by atoms with van der Waals surface area (Å²) >= 11 is 6.88. The topological polar surface area (TPSA) is 95.6 Å². The molecule has 0 saturated carbocycles. The van der Waals surface area contributed by atoms with Crippen LogP contribution >= 0.6 is 22.9 Å². The zero-order valence-corrected chi connectivity index (χ0v) is 17.2. The molecule has 0 radical (unpaired) electrons. The molecule has 2 rings (SSSR count). The highest BCUT2D eigenvalue weighted by molar-refractivity contribution is 7.91. The molecular weight excluding hydrogens is 410 g/mol. The molecule has 10 heteroatoms. The van der Waals surface area contributed by atoms with E-state index in [2.05, 4.69) is 10.6 Å². The van der Waals surface area contributed by atoms with E-state index >= 15 is 0 Å². The number of hydrogen-bond donors (Lipinski definition) is 2. The lowest BCUT2D eigenvalue weighted by Gasteiger charge is -2.08. The molecule has 0 aliphatic carbocycles. The van der Waals surface area contributed by atoms with Crippen LogP contribution in [0.4, 0.5) is 0 Å². The van der Waals surface area contributed by atoms with Crippen LogP contribution in [-0.4, -0.2) is 45.2 Å². The lowest BCUT2D eigenvalue weighted by atomic mass is 10.2. The second-order valence-corrected chi connectivity index (χ2v) is 9.78. The maximum atomic E-state index is 12.0. The molecule has 0 atom stereocenters. The Kier molecular flexibility index (Phi) is 7.37. The highest BCUT2D eigenvalue weighted by Gasteiger charge is 2.19. The van der Waals surface area contributed by atoms with Gasteiger partial charge in [-0.25, -0.2) is 12.7 Å². The first-order valence-corrected chi connectivity index (χ1v) is 10.7. The van der Waals surface area contributed by atoms with Gasteiger partial charge in [0.2, 0.25) is 5.91 Å². The molecule has 0 spiro atoms. The monoisotopic (exact) mass is 429 g/mol. The molecule has 0 unspecified atom stereocenters. The third-order valence-corrected chi connectivity index (χ3v) is 7.20. The fourth-order valence-electron chi connectivity index (χ4n) is 2.04. The Morgan fingerprint density at radius 2 is 1.74 bits per heavy atom. The van der Waals surface area contributed by atoms with Gasteiger partial charge in [-0.15, -0.1) is 11.3 Å². The number of nitrogens with one attached hydrogen (secondary N) is 2. The first kappa shape index (κ1) is 21.4. The molecule has 0 fully saturated rings. The fourth-order valence-corrected chi connectivity index (χ4v) is 4.63. The number of halogens is 1. The van der Waals surface area contributed by atoms with Gasteiger partial charge < -0.3 is 10.6 Å². The van der Waals surface area contributed by atoms with E-state index in [1.165, 1.54) is 20.2 Å². The average molecular weight is 430 g/mol. The Hall–Kier alpha value is -1.94. The predicted octanol–water partition coefficient (Wildman–Crippen LogP) is 2.09. The third kappa shape index (κ3) is 6.03. The zero-order valence-electron chi connectivity index (χ0n) is 14.9. The van der Waals surface area contributed by atoms with Crippen molar-refractivity contribution in [2.75, 3.05) is 20.6 Å². The zero-order chi connectivity index (χ0) is 20.0. The summed E-state index contributed by atoms with van der Waals surface area (Å²) in [5.41, 5.74) is 0.466. The molecule has 1 heterocycles. The molecule has 7 nitrogen and oxygen atoms in total. The van der Waals surface area contributed by atoms with Crippen LogP contribution in [0.1, 0.15) is 21.7 Å². The normalized spacial score (nSPS) is 11.4. The second-order valence-electron chi connectivity index (χ2n) is 5.80. The number of hydrogen-bond acceptors (Lipinski definition) is 5. The van der Waals surface area contributed by atoms with Gasteiger partial charge in [0.1, 0.15) is 4.21 Å². The highest BCUT2D eigenvalue weighted by atomic mass is 35.5. The van der Waals surface area contributed by atoms with Crippen molar-refractivity contribution in [1.82, 2.24) is 14.9 Å². The summed E-state index contributed by atoms with van der Waals surface area (Å²) in [5.74, 6) is -0.520. The number of benzene rings is 1. The largest absolute Gasteiger partial charge is 0.352 e. The van der Waals surface area contributed by atoms with Gasteiger partial charge in [-0.2, -0.15) is 0 Å². The van der Waals surface area contributed by atoms with Crippen LogP contribution in [0.3, 0.4) is 0 Å². The average Bonchev–Trinajstić information content (AvgIpc) is 3.10. The third-order valence-electron chi connectivity index (χ3n) is 3.58. The van der Waals surface area contributed by atoms with Crippen LogP contribution in [0.5, 0.6) is 0 Å². The maximum Gasteiger partial charge on any atom is 0.252 e. The van der Waals surface area contributed by atoms with Gasteiger partial charge >= 0.3 is 0 Å². The molecule has 146 valence electrons. The Morgan fingerprint density at radius 1 is 1.07 bits per heavy atom. The number of nitrogens with zero attached hydrogens (tertiary/aromatic N) is 1. The van der Waals surface area contributed by atoms with E-state index < -0.39 is 10.0 Å². The molecule has 27 heavy (non-hydrogen) atoms. The van der Waals surface area contributed by atoms with Crippen molar-refractivity contribution in [2.24, 2.45) is 0 Å². The lowest BCUT2D eigenvalue weighted by Crippen LogP contribution is -2.30. The maximum absolute atomic E-state index is 12.0. The summed E-state index contributed by atoms with van der Waals surface area (Å²) in [6.45, 7) is 0.426. The van der Waals surface area contributed by atoms with Crippen molar-refractivity contribution in [3.05, 3.63) is 51.9 Å². The predicted molar refractivity (Wildman–Crippen MR) is 105 cm³/mol. The summed E-state index contributed by atoms with van der Waals surface area (Å²) in [5, 5.41) is 5.91. The standard InChI is InChI=1S/C17H20ClN3O4S2/c1-21(2)27(24,25)16-8-7-14(26-16)11-20-15(22)9-10-19-17(23)12-3-5-13(18)6-4-12/h3-8H,9-11H2,1-2H3,(H,19,23)(H,20,22). The van der Waals surface area contributed by atoms with E-state index in [1.807, 2.05) is 0 Å². The van der Waals surface area contributed by atoms with Crippen LogP contribution in [-0.2, 0) is 21.4 Å². The smallest absolute Gasteiger partial charge is 0.252 e. The summed E-state index contributed by atoms with van der Waals surface area (Å²) in [6.07, 6.45) is 0.119. The van der Waals surface area contributed by atoms with Crippen molar-refractivity contribution in [3.63, 3.8) is 0 Å². The number of rotatable bonds is 8. The van der Waals surface area contributed by atoms with Gasteiger partial charge in [0.25, 0.3) is 15.9 Å². The minimum absolute atomic E-state index is 0.119. The highest BCUT2D eigenvalue weighted by Crippen LogP contribution is 2.23. The van der Waals surface area contributed by atoms with Gasteiger partial charge in [-0.1, -0.05) is 11.6 Å². The van der Waals surface area contributed by atoms with Crippen LogP contribution < -0.4 is 10.6 Å². The van der Waals surface area contributed by atoms with Crippen molar-refractivity contribution >= 4 is 44.8 Å². The van der Waals surface area contributed by atoms with E-state index in [9.17, 15) is 18.0 Å². The fraction of sp³-hybridized carbons (Fsp3) is 0.294. The number of carbonyl (C=O) groups excluding carboxylic acids is 2.